The Labute approximate surface area is 154 Å². The lowest BCUT2D eigenvalue weighted by molar-refractivity contribution is 0.102. The van der Waals surface area contributed by atoms with E-state index in [0.29, 0.717) is 33.0 Å². The van der Waals surface area contributed by atoms with Crippen LogP contribution in [0.25, 0.3) is 0 Å². The van der Waals surface area contributed by atoms with Crippen molar-refractivity contribution in [1.29, 1.82) is 0 Å². The van der Waals surface area contributed by atoms with Crippen molar-refractivity contribution < 1.29 is 4.79 Å². The molecule has 7 heteroatoms. The molecular weight excluding hydrogens is 369 g/mol. The first kappa shape index (κ1) is 16.8. The van der Waals surface area contributed by atoms with Gasteiger partial charge >= 0.3 is 0 Å². The molecule has 0 saturated carbocycles. The molecule has 0 aliphatic carbocycles. The number of carbonyl (C=O) groups excluding carboxylic acids is 1. The third-order valence-electron chi connectivity index (χ3n) is 3.34. The van der Waals surface area contributed by atoms with E-state index < -0.39 is 0 Å². The van der Waals surface area contributed by atoms with Gasteiger partial charge in [0.15, 0.2) is 5.82 Å². The molecule has 0 fully saturated rings. The van der Waals surface area contributed by atoms with E-state index >= 15 is 0 Å². The molecule has 4 nitrogen and oxygen atoms in total. The number of nitrogens with zero attached hydrogens (tertiary/aromatic N) is 2. The maximum absolute atomic E-state index is 12.1. The summed E-state index contributed by atoms with van der Waals surface area (Å²) in [6, 6.07) is 13.7. The topological polar surface area (TPSA) is 46.9 Å². The highest BCUT2D eigenvalue weighted by Crippen LogP contribution is 2.22. The van der Waals surface area contributed by atoms with Crippen LogP contribution < -0.4 is 5.32 Å². The quantitative estimate of drug-likeness (QED) is 0.681. The molecular formula is C17H12Cl3N3O. The number of aromatic nitrogens is 2. The lowest BCUT2D eigenvalue weighted by Gasteiger charge is -2.05. The molecule has 0 saturated heterocycles. The van der Waals surface area contributed by atoms with Crippen molar-refractivity contribution in [2.75, 3.05) is 5.32 Å². The van der Waals surface area contributed by atoms with Gasteiger partial charge in [-0.25, -0.2) is 0 Å². The predicted molar refractivity (Wildman–Crippen MR) is 97.2 cm³/mol. The minimum atomic E-state index is -0.249. The smallest absolute Gasteiger partial charge is 0.256 e. The van der Waals surface area contributed by atoms with E-state index in [9.17, 15) is 4.79 Å². The third-order valence-corrected chi connectivity index (χ3v) is 4.18. The van der Waals surface area contributed by atoms with Crippen LogP contribution in [0.3, 0.4) is 0 Å². The Morgan fingerprint density at radius 2 is 1.71 bits per heavy atom. The number of nitrogens with one attached hydrogen (secondary N) is 1. The molecule has 0 aliphatic rings. The summed E-state index contributed by atoms with van der Waals surface area (Å²) in [6.07, 6.45) is 1.77. The van der Waals surface area contributed by atoms with Crippen molar-refractivity contribution in [1.82, 2.24) is 9.78 Å². The average Bonchev–Trinajstić information content (AvgIpc) is 2.98. The van der Waals surface area contributed by atoms with Crippen LogP contribution in [0, 0.1) is 0 Å². The van der Waals surface area contributed by atoms with Gasteiger partial charge in [0.1, 0.15) is 0 Å². The van der Waals surface area contributed by atoms with Crippen molar-refractivity contribution in [3.05, 3.63) is 80.9 Å². The monoisotopic (exact) mass is 379 g/mol. The molecule has 0 bridgehead atoms. The molecule has 0 atom stereocenters. The summed E-state index contributed by atoms with van der Waals surface area (Å²) in [5.74, 6) is 0.210. The number of anilines is 1. The van der Waals surface area contributed by atoms with Crippen LogP contribution >= 0.6 is 34.8 Å². The van der Waals surface area contributed by atoms with Gasteiger partial charge in [-0.1, -0.05) is 40.9 Å². The number of rotatable bonds is 4. The van der Waals surface area contributed by atoms with E-state index in [0.717, 1.165) is 5.56 Å². The van der Waals surface area contributed by atoms with Crippen molar-refractivity contribution >= 4 is 46.5 Å². The third kappa shape index (κ3) is 4.09. The Kier molecular flexibility index (Phi) is 5.09. The summed E-state index contributed by atoms with van der Waals surface area (Å²) in [5, 5.41) is 8.80. The number of halogens is 3. The second-order valence-corrected chi connectivity index (χ2v) is 6.38. The Hall–Kier alpha value is -2.01. The van der Waals surface area contributed by atoms with Crippen LogP contribution in [0.1, 0.15) is 15.9 Å². The fourth-order valence-corrected chi connectivity index (χ4v) is 2.72. The van der Waals surface area contributed by atoms with Crippen molar-refractivity contribution in [2.24, 2.45) is 0 Å². The van der Waals surface area contributed by atoms with Gasteiger partial charge in [0.05, 0.1) is 6.54 Å². The number of hydrogen-bond donors (Lipinski definition) is 1. The molecule has 3 rings (SSSR count). The maximum atomic E-state index is 12.1. The molecule has 0 unspecified atom stereocenters. The van der Waals surface area contributed by atoms with Gasteiger partial charge in [-0.15, -0.1) is 0 Å². The van der Waals surface area contributed by atoms with Crippen LogP contribution in [0.2, 0.25) is 15.1 Å². The first-order valence-corrected chi connectivity index (χ1v) is 8.19. The molecule has 24 heavy (non-hydrogen) atoms. The Morgan fingerprint density at radius 1 is 1.00 bits per heavy atom. The summed E-state index contributed by atoms with van der Waals surface area (Å²) >= 11 is 17.9. The minimum absolute atomic E-state index is 0.249. The molecule has 1 amide bonds. The van der Waals surface area contributed by atoms with Crippen LogP contribution in [0.5, 0.6) is 0 Å². The van der Waals surface area contributed by atoms with E-state index in [4.69, 9.17) is 34.8 Å². The predicted octanol–water partition coefficient (Wildman–Crippen LogP) is 5.14. The Bertz CT molecular complexity index is 875. The molecule has 0 spiro atoms. The van der Waals surface area contributed by atoms with Crippen LogP contribution in [0.4, 0.5) is 5.82 Å². The summed E-state index contributed by atoms with van der Waals surface area (Å²) in [6.45, 7) is 0.479. The molecule has 0 radical (unpaired) electrons. The Morgan fingerprint density at radius 3 is 2.42 bits per heavy atom. The molecule has 1 aromatic heterocycles. The summed E-state index contributed by atoms with van der Waals surface area (Å²) in [5.41, 5.74) is 1.40. The van der Waals surface area contributed by atoms with E-state index in [1.807, 2.05) is 6.07 Å². The van der Waals surface area contributed by atoms with Gasteiger partial charge in [-0.3, -0.25) is 9.48 Å². The number of carbonyl (C=O) groups is 1. The van der Waals surface area contributed by atoms with Gasteiger partial charge in [0.25, 0.3) is 5.91 Å². The summed E-state index contributed by atoms with van der Waals surface area (Å²) in [4.78, 5) is 12.1. The molecule has 2 aromatic carbocycles. The Balaban J connectivity index is 1.69. The summed E-state index contributed by atoms with van der Waals surface area (Å²) in [7, 11) is 0. The van der Waals surface area contributed by atoms with Gasteiger partial charge in [0.2, 0.25) is 0 Å². The second kappa shape index (κ2) is 7.26. The summed E-state index contributed by atoms with van der Waals surface area (Å²) < 4.78 is 1.69. The normalized spacial score (nSPS) is 10.6. The van der Waals surface area contributed by atoms with E-state index in [-0.39, 0.29) is 5.91 Å². The highest BCUT2D eigenvalue weighted by atomic mass is 35.5. The standard InChI is InChI=1S/C17H12Cl3N3O/c18-13-4-1-11(2-5-13)17(24)21-16-7-8-23(22-16)10-12-3-6-14(19)9-15(12)20/h1-9H,10H2,(H,21,22,24). The van der Waals surface area contributed by atoms with Gasteiger partial charge in [-0.05, 0) is 42.0 Å². The van der Waals surface area contributed by atoms with E-state index in [1.165, 1.54) is 0 Å². The van der Waals surface area contributed by atoms with Gasteiger partial charge in [0, 0.05) is 32.9 Å². The number of benzene rings is 2. The van der Waals surface area contributed by atoms with Crippen LogP contribution in [0.15, 0.2) is 54.7 Å². The fourth-order valence-electron chi connectivity index (χ4n) is 2.13. The molecule has 1 N–H and O–H groups in total. The first-order valence-electron chi connectivity index (χ1n) is 7.05. The lowest BCUT2D eigenvalue weighted by Crippen LogP contribution is -2.12. The zero-order valence-corrected chi connectivity index (χ0v) is 14.6. The highest BCUT2D eigenvalue weighted by molar-refractivity contribution is 6.35. The zero-order chi connectivity index (χ0) is 17.1. The SMILES string of the molecule is O=C(Nc1ccn(Cc2ccc(Cl)cc2Cl)n1)c1ccc(Cl)cc1. The van der Waals surface area contributed by atoms with Crippen molar-refractivity contribution in [3.63, 3.8) is 0 Å². The largest absolute Gasteiger partial charge is 0.305 e. The number of hydrogen-bond acceptors (Lipinski definition) is 2. The van der Waals surface area contributed by atoms with Crippen LogP contribution in [-0.2, 0) is 6.54 Å². The average molecular weight is 381 g/mol. The van der Waals surface area contributed by atoms with Gasteiger partial charge < -0.3 is 5.32 Å². The van der Waals surface area contributed by atoms with E-state index in [1.54, 1.807) is 53.3 Å². The lowest BCUT2D eigenvalue weighted by atomic mass is 10.2. The fraction of sp³-hybridized carbons (Fsp3) is 0.0588. The minimum Gasteiger partial charge on any atom is -0.305 e. The zero-order valence-electron chi connectivity index (χ0n) is 12.3. The van der Waals surface area contributed by atoms with Gasteiger partial charge in [-0.2, -0.15) is 5.10 Å². The molecule has 122 valence electrons. The maximum Gasteiger partial charge on any atom is 0.256 e. The number of amides is 1. The second-order valence-electron chi connectivity index (χ2n) is 5.10. The van der Waals surface area contributed by atoms with Crippen LogP contribution in [-0.4, -0.2) is 15.7 Å². The molecule has 3 aromatic rings. The molecule has 1 heterocycles. The van der Waals surface area contributed by atoms with E-state index in [2.05, 4.69) is 10.4 Å². The van der Waals surface area contributed by atoms with Crippen molar-refractivity contribution in [3.8, 4) is 0 Å². The highest BCUT2D eigenvalue weighted by Gasteiger charge is 2.09. The first-order chi connectivity index (χ1) is 11.5. The molecule has 0 aliphatic heterocycles. The van der Waals surface area contributed by atoms with Crippen molar-refractivity contribution in [2.45, 2.75) is 6.54 Å².